The van der Waals surface area contributed by atoms with Gasteiger partial charge in [-0.1, -0.05) is 42.5 Å². The van der Waals surface area contributed by atoms with Gasteiger partial charge >= 0.3 is 6.18 Å². The zero-order chi connectivity index (χ0) is 26.7. The third-order valence-corrected chi connectivity index (χ3v) is 6.23. The Kier molecular flexibility index (Phi) is 7.45. The molecule has 2 atom stereocenters. The lowest BCUT2D eigenvalue weighted by molar-refractivity contribution is -0.137. The van der Waals surface area contributed by atoms with Gasteiger partial charge in [0, 0.05) is 18.5 Å². The third-order valence-electron chi connectivity index (χ3n) is 6.23. The second kappa shape index (κ2) is 10.6. The van der Waals surface area contributed by atoms with Crippen LogP contribution in [-0.2, 0) is 20.6 Å². The van der Waals surface area contributed by atoms with E-state index in [1.807, 2.05) is 19.9 Å². The minimum atomic E-state index is -4.59. The minimum Gasteiger partial charge on any atom is -0.303 e. The number of alkyl halides is 3. The summed E-state index contributed by atoms with van der Waals surface area (Å²) >= 11 is 0. The normalized spacial score (nSPS) is 15.9. The average molecular weight is 510 g/mol. The van der Waals surface area contributed by atoms with Gasteiger partial charge in [0.2, 0.25) is 11.8 Å². The molecule has 0 saturated carbocycles. The molecular weight excluding hydrogens is 483 g/mol. The van der Waals surface area contributed by atoms with Crippen molar-refractivity contribution < 1.29 is 27.6 Å². The molecule has 0 aliphatic carbocycles. The van der Waals surface area contributed by atoms with Crippen molar-refractivity contribution in [1.29, 1.82) is 0 Å². The van der Waals surface area contributed by atoms with E-state index in [-0.39, 0.29) is 18.5 Å². The quantitative estimate of drug-likeness (QED) is 0.314. The Bertz CT molecular complexity index is 1300. The van der Waals surface area contributed by atoms with E-state index in [1.54, 1.807) is 42.5 Å². The lowest BCUT2D eigenvalue weighted by Crippen LogP contribution is -2.44. The van der Waals surface area contributed by atoms with E-state index < -0.39 is 35.5 Å². The summed E-state index contributed by atoms with van der Waals surface area (Å²) in [4.78, 5) is 38.2. The van der Waals surface area contributed by atoms with Crippen LogP contribution in [-0.4, -0.2) is 18.1 Å². The van der Waals surface area contributed by atoms with Crippen LogP contribution in [0.15, 0.2) is 66.7 Å². The van der Waals surface area contributed by atoms with Crippen LogP contribution in [0.1, 0.15) is 52.6 Å². The van der Waals surface area contributed by atoms with Gasteiger partial charge in [0.1, 0.15) is 6.29 Å². The number of carbonyl (C=O) groups excluding carboxylic acids is 3. The number of halogens is 3. The Morgan fingerprint density at radius 2 is 1.70 bits per heavy atom. The van der Waals surface area contributed by atoms with E-state index in [0.717, 1.165) is 23.3 Å². The van der Waals surface area contributed by atoms with Crippen LogP contribution in [0.5, 0.6) is 0 Å². The molecule has 4 rings (SSSR count). The second-order valence-electron chi connectivity index (χ2n) is 9.05. The van der Waals surface area contributed by atoms with E-state index in [1.165, 1.54) is 11.0 Å². The van der Waals surface area contributed by atoms with Crippen LogP contribution >= 0.6 is 0 Å². The highest BCUT2D eigenvalue weighted by Crippen LogP contribution is 2.49. The molecule has 192 valence electrons. The fourth-order valence-electron chi connectivity index (χ4n) is 4.67. The Morgan fingerprint density at radius 3 is 2.32 bits per heavy atom. The van der Waals surface area contributed by atoms with Gasteiger partial charge in [0.15, 0.2) is 0 Å². The number of amides is 2. The highest BCUT2D eigenvalue weighted by molar-refractivity contribution is 6.11. The lowest BCUT2D eigenvalue weighted by Gasteiger charge is -2.26. The van der Waals surface area contributed by atoms with Gasteiger partial charge in [-0.25, -0.2) is 5.43 Å². The van der Waals surface area contributed by atoms with Gasteiger partial charge in [-0.3, -0.25) is 19.9 Å². The highest BCUT2D eigenvalue weighted by atomic mass is 19.4. The summed E-state index contributed by atoms with van der Waals surface area (Å²) in [6.45, 7) is 3.70. The summed E-state index contributed by atoms with van der Waals surface area (Å²) in [5, 5.41) is 0. The van der Waals surface area contributed by atoms with Crippen LogP contribution < -0.4 is 15.8 Å². The van der Waals surface area contributed by atoms with Crippen LogP contribution in [0.3, 0.4) is 0 Å². The summed E-state index contributed by atoms with van der Waals surface area (Å²) < 4.78 is 41.0. The molecule has 1 aliphatic rings. The molecule has 0 fully saturated rings. The van der Waals surface area contributed by atoms with Crippen molar-refractivity contribution in [2.24, 2.45) is 0 Å². The minimum absolute atomic E-state index is 0.0371. The number of fused-ring (bicyclic) bond motifs is 1. The van der Waals surface area contributed by atoms with Crippen molar-refractivity contribution in [1.82, 2.24) is 10.9 Å². The Balaban J connectivity index is 1.83. The zero-order valence-electron chi connectivity index (χ0n) is 20.3. The SMILES string of the molecule is Cc1cc(C)cc(N2C(=O)C(C(NNC(=O)CCC=O)c3ccccc3)c3ccc(C(F)(F)F)cc32)c1. The monoisotopic (exact) mass is 509 g/mol. The van der Waals surface area contributed by atoms with Crippen LogP contribution in [0.2, 0.25) is 0 Å². The molecule has 2 unspecified atom stereocenters. The molecular formula is C28H26F3N3O3. The first-order chi connectivity index (χ1) is 17.6. The van der Waals surface area contributed by atoms with E-state index >= 15 is 0 Å². The highest BCUT2D eigenvalue weighted by Gasteiger charge is 2.45. The van der Waals surface area contributed by atoms with E-state index in [9.17, 15) is 27.6 Å². The van der Waals surface area contributed by atoms with Gasteiger partial charge < -0.3 is 4.79 Å². The van der Waals surface area contributed by atoms with Crippen molar-refractivity contribution in [3.8, 4) is 0 Å². The largest absolute Gasteiger partial charge is 0.416 e. The molecule has 6 nitrogen and oxygen atoms in total. The number of nitrogens with one attached hydrogen (secondary N) is 2. The van der Waals surface area contributed by atoms with Crippen LogP contribution in [0.25, 0.3) is 0 Å². The lowest BCUT2D eigenvalue weighted by atomic mass is 9.88. The maximum atomic E-state index is 14.0. The smallest absolute Gasteiger partial charge is 0.303 e. The molecule has 37 heavy (non-hydrogen) atoms. The third kappa shape index (κ3) is 5.56. The van der Waals surface area contributed by atoms with Gasteiger partial charge in [0.25, 0.3) is 0 Å². The number of aldehydes is 1. The van der Waals surface area contributed by atoms with Crippen molar-refractivity contribution in [3.05, 3.63) is 94.5 Å². The fourth-order valence-corrected chi connectivity index (χ4v) is 4.67. The van der Waals surface area contributed by atoms with Gasteiger partial charge in [-0.05, 0) is 60.4 Å². The fraction of sp³-hybridized carbons (Fsp3) is 0.250. The molecule has 9 heteroatoms. The van der Waals surface area contributed by atoms with Crippen molar-refractivity contribution in [3.63, 3.8) is 0 Å². The summed E-state index contributed by atoms with van der Waals surface area (Å²) in [6, 6.07) is 16.8. The molecule has 3 aromatic rings. The molecule has 1 heterocycles. The van der Waals surface area contributed by atoms with Gasteiger partial charge in [-0.15, -0.1) is 0 Å². The van der Waals surface area contributed by atoms with Crippen molar-refractivity contribution in [2.75, 3.05) is 4.90 Å². The molecule has 2 amide bonds. The predicted molar refractivity (Wildman–Crippen MR) is 133 cm³/mol. The Hall–Kier alpha value is -3.98. The molecule has 0 bridgehead atoms. The van der Waals surface area contributed by atoms with Gasteiger partial charge in [0.05, 0.1) is 23.2 Å². The maximum Gasteiger partial charge on any atom is 0.416 e. The molecule has 0 saturated heterocycles. The first-order valence-corrected chi connectivity index (χ1v) is 11.8. The number of aryl methyl sites for hydroxylation is 2. The maximum absolute atomic E-state index is 14.0. The number of hydrogen-bond acceptors (Lipinski definition) is 4. The number of hydrogen-bond donors (Lipinski definition) is 2. The average Bonchev–Trinajstić information content (AvgIpc) is 3.13. The number of anilines is 2. The van der Waals surface area contributed by atoms with E-state index in [2.05, 4.69) is 10.9 Å². The zero-order valence-corrected chi connectivity index (χ0v) is 20.3. The first kappa shape index (κ1) is 26.1. The van der Waals surface area contributed by atoms with E-state index in [0.29, 0.717) is 23.1 Å². The Morgan fingerprint density at radius 1 is 1.03 bits per heavy atom. The second-order valence-corrected chi connectivity index (χ2v) is 9.05. The molecule has 0 aromatic heterocycles. The predicted octanol–water partition coefficient (Wildman–Crippen LogP) is 5.43. The number of nitrogens with zero attached hydrogens (tertiary/aromatic N) is 1. The van der Waals surface area contributed by atoms with E-state index in [4.69, 9.17) is 0 Å². The van der Waals surface area contributed by atoms with Crippen molar-refractivity contribution >= 4 is 29.5 Å². The number of carbonyl (C=O) groups is 3. The first-order valence-electron chi connectivity index (χ1n) is 11.8. The molecule has 0 radical (unpaired) electrons. The molecule has 3 aromatic carbocycles. The van der Waals surface area contributed by atoms with Crippen LogP contribution in [0, 0.1) is 13.8 Å². The summed E-state index contributed by atoms with van der Waals surface area (Å²) in [5.74, 6) is -1.81. The number of hydrazine groups is 1. The standard InChI is InChI=1S/C28H26F3N3O3/c1-17-13-18(2)15-21(14-17)34-23-16-20(28(29,30)31)10-11-22(23)25(27(34)37)26(19-7-4-3-5-8-19)33-32-24(36)9-6-12-35/h3-5,7-8,10-16,25-26,33H,6,9H2,1-2H3,(H,32,36). The van der Waals surface area contributed by atoms with Crippen molar-refractivity contribution in [2.45, 2.75) is 44.8 Å². The van der Waals surface area contributed by atoms with Gasteiger partial charge in [-0.2, -0.15) is 13.2 Å². The Labute approximate surface area is 212 Å². The molecule has 0 spiro atoms. The topological polar surface area (TPSA) is 78.5 Å². The summed E-state index contributed by atoms with van der Waals surface area (Å²) in [5.41, 5.74) is 8.00. The summed E-state index contributed by atoms with van der Waals surface area (Å²) in [7, 11) is 0. The summed E-state index contributed by atoms with van der Waals surface area (Å²) in [6.07, 6.45) is -3.97. The number of benzene rings is 3. The molecule has 1 aliphatic heterocycles. The number of rotatable bonds is 8. The van der Waals surface area contributed by atoms with Crippen LogP contribution in [0.4, 0.5) is 24.5 Å². The molecule has 2 N–H and O–H groups in total.